The molecule has 0 bridgehead atoms. The molecule has 0 aliphatic heterocycles. The first-order valence-electron chi connectivity index (χ1n) is 5.79. The predicted octanol–water partition coefficient (Wildman–Crippen LogP) is -0.455. The third kappa shape index (κ3) is 4.73. The normalized spacial score (nSPS) is 12.2. The maximum Gasteiger partial charge on any atom is 0.243 e. The first-order chi connectivity index (χ1) is 8.45. The topological polar surface area (TPSA) is 99.2 Å². The Bertz CT molecular complexity index is 455. The highest BCUT2D eigenvalue weighted by Crippen LogP contribution is 2.06. The summed E-state index contributed by atoms with van der Waals surface area (Å²) in [5.74, 6) is 0. The summed E-state index contributed by atoms with van der Waals surface area (Å²) < 4.78 is 32.9. The second kappa shape index (κ2) is 6.83. The molecular weight excluding hydrogens is 256 g/mol. The number of hydrogen-bond donors (Lipinski definition) is 2. The lowest BCUT2D eigenvalue weighted by Gasteiger charge is -2.08. The van der Waals surface area contributed by atoms with Gasteiger partial charge in [0.05, 0.1) is 25.5 Å². The van der Waals surface area contributed by atoms with E-state index in [0.717, 1.165) is 0 Å². The molecule has 0 saturated heterocycles. The van der Waals surface area contributed by atoms with Gasteiger partial charge in [-0.3, -0.25) is 4.68 Å². The van der Waals surface area contributed by atoms with Crippen LogP contribution in [-0.4, -0.2) is 44.0 Å². The van der Waals surface area contributed by atoms with Gasteiger partial charge in [0.2, 0.25) is 10.0 Å². The number of ether oxygens (including phenoxy) is 1. The van der Waals surface area contributed by atoms with Gasteiger partial charge in [0.25, 0.3) is 0 Å². The Labute approximate surface area is 107 Å². The lowest BCUT2D eigenvalue weighted by atomic mass is 10.5. The van der Waals surface area contributed by atoms with E-state index in [-0.39, 0.29) is 17.5 Å². The van der Waals surface area contributed by atoms with Gasteiger partial charge in [-0.05, 0) is 13.8 Å². The van der Waals surface area contributed by atoms with Crippen molar-refractivity contribution in [2.45, 2.75) is 31.4 Å². The molecule has 7 nitrogen and oxygen atoms in total. The highest BCUT2D eigenvalue weighted by molar-refractivity contribution is 7.89. The number of rotatable bonds is 8. The third-order valence-corrected chi connectivity index (χ3v) is 3.54. The monoisotopic (exact) mass is 276 g/mol. The molecule has 0 saturated carbocycles. The summed E-state index contributed by atoms with van der Waals surface area (Å²) in [5, 5.41) is 3.91. The Morgan fingerprint density at radius 2 is 2.28 bits per heavy atom. The zero-order valence-electron chi connectivity index (χ0n) is 10.7. The molecule has 0 atom stereocenters. The lowest BCUT2D eigenvalue weighted by Crippen LogP contribution is -2.28. The van der Waals surface area contributed by atoms with Gasteiger partial charge in [-0.2, -0.15) is 5.10 Å². The van der Waals surface area contributed by atoms with E-state index in [1.807, 2.05) is 13.8 Å². The minimum Gasteiger partial charge on any atom is -0.377 e. The smallest absolute Gasteiger partial charge is 0.243 e. The summed E-state index contributed by atoms with van der Waals surface area (Å²) in [5.41, 5.74) is 5.36. The molecule has 0 radical (unpaired) electrons. The van der Waals surface area contributed by atoms with E-state index >= 15 is 0 Å². The van der Waals surface area contributed by atoms with E-state index in [1.165, 1.54) is 17.1 Å². The van der Waals surface area contributed by atoms with Crippen molar-refractivity contribution < 1.29 is 13.2 Å². The van der Waals surface area contributed by atoms with Gasteiger partial charge in [-0.25, -0.2) is 13.1 Å². The van der Waals surface area contributed by atoms with E-state index in [9.17, 15) is 8.42 Å². The molecular formula is C10H20N4O3S. The highest BCUT2D eigenvalue weighted by atomic mass is 32.2. The van der Waals surface area contributed by atoms with Gasteiger partial charge < -0.3 is 10.5 Å². The largest absolute Gasteiger partial charge is 0.377 e. The van der Waals surface area contributed by atoms with Gasteiger partial charge >= 0.3 is 0 Å². The summed E-state index contributed by atoms with van der Waals surface area (Å²) in [6, 6.07) is 0. The maximum atomic E-state index is 11.8. The van der Waals surface area contributed by atoms with Crippen LogP contribution in [0.25, 0.3) is 0 Å². The van der Waals surface area contributed by atoms with Crippen molar-refractivity contribution in [3.05, 3.63) is 12.4 Å². The van der Waals surface area contributed by atoms with Crippen molar-refractivity contribution in [2.75, 3.05) is 19.7 Å². The standard InChI is InChI=1S/C10H20N4O3S/c1-9(2)17-6-4-13-18(15,16)10-7-12-14(8-10)5-3-11/h7-9,13H,3-6,11H2,1-2H3. The van der Waals surface area contributed by atoms with E-state index < -0.39 is 10.0 Å². The molecule has 8 heteroatoms. The summed E-state index contributed by atoms with van der Waals surface area (Å²) in [4.78, 5) is 0.139. The minimum atomic E-state index is -3.51. The van der Waals surface area contributed by atoms with Crippen LogP contribution in [0.15, 0.2) is 17.3 Å². The second-order valence-electron chi connectivity index (χ2n) is 4.05. The van der Waals surface area contributed by atoms with Crippen molar-refractivity contribution in [3.63, 3.8) is 0 Å². The van der Waals surface area contributed by atoms with Crippen molar-refractivity contribution in [1.82, 2.24) is 14.5 Å². The van der Waals surface area contributed by atoms with Crippen LogP contribution in [0.4, 0.5) is 0 Å². The summed E-state index contributed by atoms with van der Waals surface area (Å²) in [6.45, 7) is 5.27. The fraction of sp³-hybridized carbons (Fsp3) is 0.700. The van der Waals surface area contributed by atoms with E-state index in [1.54, 1.807) is 0 Å². The number of nitrogens with zero attached hydrogens (tertiary/aromatic N) is 2. The van der Waals surface area contributed by atoms with Gasteiger partial charge in [0.15, 0.2) is 0 Å². The Morgan fingerprint density at radius 3 is 2.89 bits per heavy atom. The molecule has 0 amide bonds. The van der Waals surface area contributed by atoms with Gasteiger partial charge in [0, 0.05) is 19.3 Å². The van der Waals surface area contributed by atoms with Crippen LogP contribution < -0.4 is 10.5 Å². The fourth-order valence-corrected chi connectivity index (χ4v) is 2.26. The first-order valence-corrected chi connectivity index (χ1v) is 7.28. The lowest BCUT2D eigenvalue weighted by molar-refractivity contribution is 0.0834. The van der Waals surface area contributed by atoms with E-state index in [4.69, 9.17) is 10.5 Å². The van der Waals surface area contributed by atoms with Gasteiger partial charge in [-0.1, -0.05) is 0 Å². The summed E-state index contributed by atoms with van der Waals surface area (Å²) in [6.07, 6.45) is 2.85. The average Bonchev–Trinajstić information content (AvgIpc) is 2.74. The molecule has 0 aliphatic rings. The highest BCUT2D eigenvalue weighted by Gasteiger charge is 2.15. The van der Waals surface area contributed by atoms with Crippen LogP contribution in [0, 0.1) is 0 Å². The fourth-order valence-electron chi connectivity index (χ4n) is 1.29. The Morgan fingerprint density at radius 1 is 1.56 bits per heavy atom. The molecule has 18 heavy (non-hydrogen) atoms. The SMILES string of the molecule is CC(C)OCCNS(=O)(=O)c1cnn(CCN)c1. The predicted molar refractivity (Wildman–Crippen MR) is 67.6 cm³/mol. The zero-order chi connectivity index (χ0) is 13.6. The third-order valence-electron chi connectivity index (χ3n) is 2.12. The van der Waals surface area contributed by atoms with Crippen LogP contribution in [0.3, 0.4) is 0 Å². The zero-order valence-corrected chi connectivity index (χ0v) is 11.5. The molecule has 0 aromatic carbocycles. The molecule has 0 spiro atoms. The van der Waals surface area contributed by atoms with Crippen LogP contribution >= 0.6 is 0 Å². The molecule has 1 rings (SSSR count). The van der Waals surface area contributed by atoms with Crippen molar-refractivity contribution in [2.24, 2.45) is 5.73 Å². The molecule has 104 valence electrons. The number of hydrogen-bond acceptors (Lipinski definition) is 5. The summed E-state index contributed by atoms with van der Waals surface area (Å²) >= 11 is 0. The van der Waals surface area contributed by atoms with Gasteiger partial charge in [-0.15, -0.1) is 0 Å². The number of sulfonamides is 1. The van der Waals surface area contributed by atoms with Crippen molar-refractivity contribution in [1.29, 1.82) is 0 Å². The van der Waals surface area contributed by atoms with Crippen LogP contribution in [0.1, 0.15) is 13.8 Å². The van der Waals surface area contributed by atoms with Crippen molar-refractivity contribution in [3.8, 4) is 0 Å². The van der Waals surface area contributed by atoms with Crippen LogP contribution in [0.2, 0.25) is 0 Å². The Balaban J connectivity index is 2.51. The molecule has 1 aromatic rings. The minimum absolute atomic E-state index is 0.0850. The quantitative estimate of drug-likeness (QED) is 0.626. The van der Waals surface area contributed by atoms with Crippen LogP contribution in [0.5, 0.6) is 0 Å². The van der Waals surface area contributed by atoms with Crippen molar-refractivity contribution >= 4 is 10.0 Å². The first kappa shape index (κ1) is 15.1. The molecule has 1 aromatic heterocycles. The maximum absolute atomic E-state index is 11.8. The Kier molecular flexibility index (Phi) is 5.73. The van der Waals surface area contributed by atoms with Gasteiger partial charge in [0.1, 0.15) is 4.90 Å². The molecule has 1 heterocycles. The number of aromatic nitrogens is 2. The van der Waals surface area contributed by atoms with E-state index in [0.29, 0.717) is 19.7 Å². The number of nitrogens with two attached hydrogens (primary N) is 1. The van der Waals surface area contributed by atoms with E-state index in [2.05, 4.69) is 9.82 Å². The Hall–Kier alpha value is -0.960. The average molecular weight is 276 g/mol. The summed E-state index contributed by atoms with van der Waals surface area (Å²) in [7, 11) is -3.51. The molecule has 0 fully saturated rings. The second-order valence-corrected chi connectivity index (χ2v) is 5.81. The molecule has 0 aliphatic carbocycles. The van der Waals surface area contributed by atoms with Crippen LogP contribution in [-0.2, 0) is 21.3 Å². The number of nitrogens with one attached hydrogen (secondary N) is 1. The molecule has 0 unspecified atom stereocenters. The molecule has 3 N–H and O–H groups in total.